The number of rotatable bonds is 7. The average Bonchev–Trinajstić information content (AvgIpc) is 2.56. The lowest BCUT2D eigenvalue weighted by Gasteiger charge is -2.17. The van der Waals surface area contributed by atoms with Gasteiger partial charge in [-0.25, -0.2) is 0 Å². The molecule has 2 aromatic carbocycles. The van der Waals surface area contributed by atoms with E-state index in [0.717, 1.165) is 17.9 Å². The highest BCUT2D eigenvalue weighted by Gasteiger charge is 2.09. The van der Waals surface area contributed by atoms with Crippen LogP contribution in [0.1, 0.15) is 18.1 Å². The molecule has 1 atom stereocenters. The number of nitrogens with zero attached hydrogens (tertiary/aromatic N) is 2. The lowest BCUT2D eigenvalue weighted by Crippen LogP contribution is -2.25. The van der Waals surface area contributed by atoms with Crippen LogP contribution in [-0.4, -0.2) is 31.3 Å². The summed E-state index contributed by atoms with van der Waals surface area (Å²) in [4.78, 5) is 2.18. The fourth-order valence-electron chi connectivity index (χ4n) is 2.45. The number of para-hydroxylation sites is 1. The Kier molecular flexibility index (Phi) is 6.76. The Labute approximate surface area is 145 Å². The van der Waals surface area contributed by atoms with Gasteiger partial charge in [-0.2, -0.15) is 5.10 Å². The topological polar surface area (TPSA) is 27.6 Å². The molecular weight excluding hydrogens is 294 g/mol. The second kappa shape index (κ2) is 9.04. The van der Waals surface area contributed by atoms with Gasteiger partial charge in [-0.1, -0.05) is 61.0 Å². The van der Waals surface area contributed by atoms with Gasteiger partial charge in [-0.15, -0.1) is 0 Å². The highest BCUT2D eigenvalue weighted by atomic mass is 15.3. The monoisotopic (exact) mass is 321 g/mol. The first-order valence-corrected chi connectivity index (χ1v) is 8.32. The van der Waals surface area contributed by atoms with Gasteiger partial charge in [0.05, 0.1) is 11.4 Å². The van der Waals surface area contributed by atoms with Gasteiger partial charge in [-0.3, -0.25) is 5.43 Å². The van der Waals surface area contributed by atoms with Crippen molar-refractivity contribution in [1.82, 2.24) is 4.90 Å². The Hall–Kier alpha value is -2.39. The van der Waals surface area contributed by atoms with E-state index in [0.29, 0.717) is 5.92 Å². The molecule has 0 amide bonds. The highest BCUT2D eigenvalue weighted by Crippen LogP contribution is 2.10. The van der Waals surface area contributed by atoms with Crippen LogP contribution < -0.4 is 5.43 Å². The first-order valence-electron chi connectivity index (χ1n) is 8.32. The molecule has 0 saturated carbocycles. The smallest absolute Gasteiger partial charge is 0.0648 e. The molecule has 2 rings (SSSR count). The number of hydrogen-bond donors (Lipinski definition) is 1. The zero-order valence-corrected chi connectivity index (χ0v) is 15.0. The van der Waals surface area contributed by atoms with E-state index in [9.17, 15) is 0 Å². The maximum atomic E-state index is 4.63. The summed E-state index contributed by atoms with van der Waals surface area (Å²) >= 11 is 0. The summed E-state index contributed by atoms with van der Waals surface area (Å²) in [5, 5.41) is 4.63. The van der Waals surface area contributed by atoms with Gasteiger partial charge in [0.15, 0.2) is 0 Å². The Balaban J connectivity index is 2.16. The number of hydrazone groups is 1. The van der Waals surface area contributed by atoms with Crippen LogP contribution in [0, 0.1) is 12.8 Å². The number of hydrogen-bond acceptors (Lipinski definition) is 3. The molecule has 24 heavy (non-hydrogen) atoms. The first kappa shape index (κ1) is 18.0. The maximum Gasteiger partial charge on any atom is 0.0648 e. The summed E-state index contributed by atoms with van der Waals surface area (Å²) < 4.78 is 0. The van der Waals surface area contributed by atoms with Crippen molar-refractivity contribution in [2.75, 3.05) is 26.1 Å². The summed E-state index contributed by atoms with van der Waals surface area (Å²) in [7, 11) is 4.17. The third-order valence-corrected chi connectivity index (χ3v) is 3.76. The first-order chi connectivity index (χ1) is 11.5. The van der Waals surface area contributed by atoms with Crippen molar-refractivity contribution in [3.05, 3.63) is 71.8 Å². The minimum Gasteiger partial charge on any atom is -0.309 e. The number of aryl methyl sites for hydroxylation is 1. The second-order valence-electron chi connectivity index (χ2n) is 6.42. The van der Waals surface area contributed by atoms with Gasteiger partial charge in [0.25, 0.3) is 0 Å². The molecule has 0 aromatic heterocycles. The number of anilines is 1. The standard InChI is InChI=1S/C21H27N3/c1-17-10-12-19(13-11-17)14-15-21(18(2)16-24(3)4)23-22-20-8-6-5-7-9-20/h5-15,18,22H,16H2,1-4H3/b15-14-,23-21+/t18-/m0/s1. The molecule has 0 fully saturated rings. The van der Waals surface area contributed by atoms with E-state index in [1.807, 2.05) is 30.3 Å². The van der Waals surface area contributed by atoms with E-state index >= 15 is 0 Å². The molecule has 0 saturated heterocycles. The Bertz CT molecular complexity index is 670. The molecule has 126 valence electrons. The van der Waals surface area contributed by atoms with Crippen molar-refractivity contribution >= 4 is 17.5 Å². The summed E-state index contributed by atoms with van der Waals surface area (Å²) in [5.74, 6) is 0.331. The molecule has 0 aliphatic heterocycles. The van der Waals surface area contributed by atoms with Crippen LogP contribution in [-0.2, 0) is 0 Å². The van der Waals surface area contributed by atoms with E-state index in [1.165, 1.54) is 11.1 Å². The molecule has 2 aromatic rings. The summed E-state index contributed by atoms with van der Waals surface area (Å²) in [6.45, 7) is 5.25. The second-order valence-corrected chi connectivity index (χ2v) is 6.42. The third-order valence-electron chi connectivity index (χ3n) is 3.76. The van der Waals surface area contributed by atoms with E-state index in [4.69, 9.17) is 0 Å². The molecule has 0 bridgehead atoms. The minimum atomic E-state index is 0.331. The van der Waals surface area contributed by atoms with Crippen LogP contribution in [0.5, 0.6) is 0 Å². The van der Waals surface area contributed by atoms with Gasteiger partial charge < -0.3 is 4.90 Å². The SMILES string of the molecule is Cc1ccc(/C=C\C(=N/Nc2ccccc2)[C@@H](C)CN(C)C)cc1. The lowest BCUT2D eigenvalue weighted by atomic mass is 10.0. The van der Waals surface area contributed by atoms with Crippen molar-refractivity contribution < 1.29 is 0 Å². The molecule has 3 heteroatoms. The van der Waals surface area contributed by atoms with Crippen molar-refractivity contribution in [3.8, 4) is 0 Å². The van der Waals surface area contributed by atoms with Crippen LogP contribution >= 0.6 is 0 Å². The van der Waals surface area contributed by atoms with Crippen LogP contribution in [0.3, 0.4) is 0 Å². The minimum absolute atomic E-state index is 0.331. The maximum absolute atomic E-state index is 4.63. The Morgan fingerprint density at radius 2 is 1.75 bits per heavy atom. The van der Waals surface area contributed by atoms with Gasteiger partial charge in [-0.05, 0) is 44.8 Å². The molecule has 0 heterocycles. The van der Waals surface area contributed by atoms with Crippen molar-refractivity contribution in [1.29, 1.82) is 0 Å². The van der Waals surface area contributed by atoms with Crippen LogP contribution in [0.2, 0.25) is 0 Å². The van der Waals surface area contributed by atoms with Crippen molar-refractivity contribution in [2.45, 2.75) is 13.8 Å². The van der Waals surface area contributed by atoms with E-state index < -0.39 is 0 Å². The van der Waals surface area contributed by atoms with Crippen molar-refractivity contribution in [3.63, 3.8) is 0 Å². The summed E-state index contributed by atoms with van der Waals surface area (Å²) in [5.41, 5.74) is 7.65. The Morgan fingerprint density at radius 3 is 2.38 bits per heavy atom. The van der Waals surface area contributed by atoms with Crippen molar-refractivity contribution in [2.24, 2.45) is 11.0 Å². The molecule has 0 aliphatic carbocycles. The zero-order valence-electron chi connectivity index (χ0n) is 15.0. The highest BCUT2D eigenvalue weighted by molar-refractivity contribution is 6.00. The van der Waals surface area contributed by atoms with E-state index in [2.05, 4.69) is 79.8 Å². The quantitative estimate of drug-likeness (QED) is 0.592. The molecule has 0 aliphatic rings. The predicted octanol–water partition coefficient (Wildman–Crippen LogP) is 4.67. The Morgan fingerprint density at radius 1 is 1.08 bits per heavy atom. The molecule has 0 unspecified atom stereocenters. The van der Waals surface area contributed by atoms with E-state index in [1.54, 1.807) is 0 Å². The van der Waals surface area contributed by atoms with Gasteiger partial charge >= 0.3 is 0 Å². The van der Waals surface area contributed by atoms with Gasteiger partial charge in [0.2, 0.25) is 0 Å². The molecule has 1 N–H and O–H groups in total. The largest absolute Gasteiger partial charge is 0.309 e. The zero-order chi connectivity index (χ0) is 17.4. The van der Waals surface area contributed by atoms with Gasteiger partial charge in [0.1, 0.15) is 0 Å². The molecule has 0 radical (unpaired) electrons. The summed E-state index contributed by atoms with van der Waals surface area (Å²) in [6.07, 6.45) is 4.23. The van der Waals surface area contributed by atoms with E-state index in [-0.39, 0.29) is 0 Å². The fourth-order valence-corrected chi connectivity index (χ4v) is 2.45. The number of nitrogens with one attached hydrogen (secondary N) is 1. The normalized spacial score (nSPS) is 13.5. The van der Waals surface area contributed by atoms with Crippen LogP contribution in [0.15, 0.2) is 65.8 Å². The fraction of sp³-hybridized carbons (Fsp3) is 0.286. The molecule has 3 nitrogen and oxygen atoms in total. The predicted molar refractivity (Wildman–Crippen MR) is 105 cm³/mol. The third kappa shape index (κ3) is 6.01. The number of benzene rings is 2. The molecule has 0 spiro atoms. The lowest BCUT2D eigenvalue weighted by molar-refractivity contribution is 0.381. The van der Waals surface area contributed by atoms with Gasteiger partial charge in [0, 0.05) is 12.5 Å². The number of allylic oxidation sites excluding steroid dienone is 1. The average molecular weight is 321 g/mol. The van der Waals surface area contributed by atoms with Crippen LogP contribution in [0.4, 0.5) is 5.69 Å². The molecular formula is C21H27N3. The van der Waals surface area contributed by atoms with Crippen LogP contribution in [0.25, 0.3) is 6.08 Å². The summed E-state index contributed by atoms with van der Waals surface area (Å²) in [6, 6.07) is 18.6.